The molecule has 0 radical (unpaired) electrons. The molecule has 92 valence electrons. The molecule has 0 saturated heterocycles. The summed E-state index contributed by atoms with van der Waals surface area (Å²) in [5.41, 5.74) is 1.31. The first-order valence-corrected chi connectivity index (χ1v) is 7.00. The Hall–Kier alpha value is -0.820. The highest BCUT2D eigenvalue weighted by Gasteiger charge is 2.43. The average Bonchev–Trinajstić information content (AvgIpc) is 2.92. The van der Waals surface area contributed by atoms with Crippen LogP contribution in [0, 0.1) is 17.8 Å². The van der Waals surface area contributed by atoms with Gasteiger partial charge in [-0.2, -0.15) is 0 Å². The van der Waals surface area contributed by atoms with E-state index in [-0.39, 0.29) is 0 Å². The Labute approximate surface area is 104 Å². The van der Waals surface area contributed by atoms with Crippen LogP contribution in [0.25, 0.3) is 0 Å². The van der Waals surface area contributed by atoms with Crippen LogP contribution < -0.4 is 0 Å². The second kappa shape index (κ2) is 4.81. The first-order valence-electron chi connectivity index (χ1n) is 7.00. The lowest BCUT2D eigenvalue weighted by Crippen LogP contribution is -2.23. The molecule has 1 aromatic carbocycles. The highest BCUT2D eigenvalue weighted by molar-refractivity contribution is 5.13. The van der Waals surface area contributed by atoms with Crippen molar-refractivity contribution in [3.63, 3.8) is 0 Å². The first-order chi connectivity index (χ1) is 8.34. The number of ether oxygens (including phenoxy) is 1. The van der Waals surface area contributed by atoms with Crippen LogP contribution in [-0.2, 0) is 11.3 Å². The van der Waals surface area contributed by atoms with Crippen LogP contribution >= 0.6 is 0 Å². The molecule has 0 aliphatic heterocycles. The van der Waals surface area contributed by atoms with Crippen molar-refractivity contribution in [2.45, 2.75) is 45.3 Å². The van der Waals surface area contributed by atoms with E-state index < -0.39 is 0 Å². The zero-order valence-corrected chi connectivity index (χ0v) is 10.6. The molecule has 0 unspecified atom stereocenters. The summed E-state index contributed by atoms with van der Waals surface area (Å²) in [6.45, 7) is 3.20. The topological polar surface area (TPSA) is 9.23 Å². The first kappa shape index (κ1) is 11.3. The van der Waals surface area contributed by atoms with Crippen molar-refractivity contribution < 1.29 is 4.74 Å². The molecule has 2 aliphatic rings. The van der Waals surface area contributed by atoms with Gasteiger partial charge in [-0.25, -0.2) is 0 Å². The maximum atomic E-state index is 6.17. The van der Waals surface area contributed by atoms with Gasteiger partial charge in [0.05, 0.1) is 12.7 Å². The van der Waals surface area contributed by atoms with E-state index >= 15 is 0 Å². The van der Waals surface area contributed by atoms with E-state index in [1.807, 2.05) is 0 Å². The van der Waals surface area contributed by atoms with Gasteiger partial charge in [0.2, 0.25) is 0 Å². The summed E-state index contributed by atoms with van der Waals surface area (Å²) in [6, 6.07) is 10.6. The molecule has 4 atom stereocenters. The molecule has 0 spiro atoms. The third-order valence-electron chi connectivity index (χ3n) is 4.75. The van der Waals surface area contributed by atoms with Gasteiger partial charge >= 0.3 is 0 Å². The minimum absolute atomic E-state index is 0.526. The van der Waals surface area contributed by atoms with E-state index in [0.29, 0.717) is 6.10 Å². The van der Waals surface area contributed by atoms with Crippen molar-refractivity contribution in [1.29, 1.82) is 0 Å². The summed E-state index contributed by atoms with van der Waals surface area (Å²) in [4.78, 5) is 0. The van der Waals surface area contributed by atoms with Crippen molar-refractivity contribution in [3.05, 3.63) is 35.9 Å². The molecule has 0 amide bonds. The standard InChI is InChI=1S/C16H22O/c1-12-7-8-14-9-10-15(16(12)14)17-11-13-5-3-2-4-6-13/h2-6,12,14-16H,7-11H2,1H3/t12-,14-,15-,16-/m0/s1. The van der Waals surface area contributed by atoms with Crippen LogP contribution in [0.4, 0.5) is 0 Å². The van der Waals surface area contributed by atoms with Gasteiger partial charge in [-0.3, -0.25) is 0 Å². The minimum atomic E-state index is 0.526. The molecule has 2 aliphatic carbocycles. The largest absolute Gasteiger partial charge is 0.373 e. The molecule has 1 heteroatoms. The average molecular weight is 230 g/mol. The SMILES string of the molecule is C[C@H]1CC[C@H]2CC[C@H](OCc3ccccc3)[C@H]21. The number of rotatable bonds is 3. The van der Waals surface area contributed by atoms with E-state index in [2.05, 4.69) is 37.3 Å². The Morgan fingerprint density at radius 2 is 1.82 bits per heavy atom. The predicted octanol–water partition coefficient (Wildman–Crippen LogP) is 4.03. The molecule has 1 aromatic rings. The minimum Gasteiger partial charge on any atom is -0.373 e. The normalized spacial score (nSPS) is 36.1. The van der Waals surface area contributed by atoms with Crippen LogP contribution in [0.5, 0.6) is 0 Å². The molecule has 0 N–H and O–H groups in total. The summed E-state index contributed by atoms with van der Waals surface area (Å²) in [5.74, 6) is 2.69. The second-order valence-corrected chi connectivity index (χ2v) is 5.80. The predicted molar refractivity (Wildman–Crippen MR) is 69.6 cm³/mol. The number of hydrogen-bond donors (Lipinski definition) is 0. The number of benzene rings is 1. The Morgan fingerprint density at radius 1 is 1.06 bits per heavy atom. The number of hydrogen-bond acceptors (Lipinski definition) is 1. The van der Waals surface area contributed by atoms with Crippen LogP contribution in [0.15, 0.2) is 30.3 Å². The lowest BCUT2D eigenvalue weighted by atomic mass is 9.92. The number of fused-ring (bicyclic) bond motifs is 1. The quantitative estimate of drug-likeness (QED) is 0.762. The van der Waals surface area contributed by atoms with Crippen LogP contribution in [0.2, 0.25) is 0 Å². The van der Waals surface area contributed by atoms with E-state index in [1.54, 1.807) is 0 Å². The fraction of sp³-hybridized carbons (Fsp3) is 0.625. The third-order valence-corrected chi connectivity index (χ3v) is 4.75. The summed E-state index contributed by atoms with van der Waals surface area (Å²) in [7, 11) is 0. The van der Waals surface area contributed by atoms with Gasteiger partial charge < -0.3 is 4.74 Å². The Balaban J connectivity index is 1.59. The fourth-order valence-corrected chi connectivity index (χ4v) is 3.88. The lowest BCUT2D eigenvalue weighted by Gasteiger charge is -2.23. The van der Waals surface area contributed by atoms with Crippen molar-refractivity contribution >= 4 is 0 Å². The van der Waals surface area contributed by atoms with E-state index in [1.165, 1.54) is 31.2 Å². The van der Waals surface area contributed by atoms with Crippen LogP contribution in [0.1, 0.15) is 38.2 Å². The zero-order chi connectivity index (χ0) is 11.7. The van der Waals surface area contributed by atoms with Gasteiger partial charge in [0.1, 0.15) is 0 Å². The maximum absolute atomic E-state index is 6.17. The van der Waals surface area contributed by atoms with E-state index in [4.69, 9.17) is 4.74 Å². The van der Waals surface area contributed by atoms with Crippen molar-refractivity contribution in [2.24, 2.45) is 17.8 Å². The zero-order valence-electron chi connectivity index (χ0n) is 10.6. The molecular weight excluding hydrogens is 208 g/mol. The molecular formula is C16H22O. The maximum Gasteiger partial charge on any atom is 0.0720 e. The van der Waals surface area contributed by atoms with Crippen LogP contribution in [0.3, 0.4) is 0 Å². The van der Waals surface area contributed by atoms with E-state index in [0.717, 1.165) is 24.4 Å². The van der Waals surface area contributed by atoms with Gasteiger partial charge in [-0.15, -0.1) is 0 Å². The molecule has 0 aromatic heterocycles. The molecule has 0 heterocycles. The molecule has 2 saturated carbocycles. The highest BCUT2D eigenvalue weighted by atomic mass is 16.5. The van der Waals surface area contributed by atoms with Gasteiger partial charge in [-0.1, -0.05) is 43.7 Å². The molecule has 2 fully saturated rings. The Morgan fingerprint density at radius 3 is 2.65 bits per heavy atom. The highest BCUT2D eigenvalue weighted by Crippen LogP contribution is 2.48. The summed E-state index contributed by atoms with van der Waals surface area (Å²) in [5, 5.41) is 0. The molecule has 17 heavy (non-hydrogen) atoms. The van der Waals surface area contributed by atoms with Gasteiger partial charge in [0.15, 0.2) is 0 Å². The monoisotopic (exact) mass is 230 g/mol. The van der Waals surface area contributed by atoms with Gasteiger partial charge in [0.25, 0.3) is 0 Å². The molecule has 3 rings (SSSR count). The van der Waals surface area contributed by atoms with E-state index in [9.17, 15) is 0 Å². The van der Waals surface area contributed by atoms with Crippen molar-refractivity contribution in [2.75, 3.05) is 0 Å². The third kappa shape index (κ3) is 2.26. The van der Waals surface area contributed by atoms with Crippen LogP contribution in [-0.4, -0.2) is 6.10 Å². The summed E-state index contributed by atoms with van der Waals surface area (Å²) in [6.07, 6.45) is 6.07. The fourth-order valence-electron chi connectivity index (χ4n) is 3.88. The molecule has 1 nitrogen and oxygen atoms in total. The van der Waals surface area contributed by atoms with Crippen molar-refractivity contribution in [3.8, 4) is 0 Å². The lowest BCUT2D eigenvalue weighted by molar-refractivity contribution is 0.00171. The van der Waals surface area contributed by atoms with Crippen molar-refractivity contribution in [1.82, 2.24) is 0 Å². The smallest absolute Gasteiger partial charge is 0.0720 e. The van der Waals surface area contributed by atoms with Gasteiger partial charge in [0, 0.05) is 0 Å². The second-order valence-electron chi connectivity index (χ2n) is 5.80. The van der Waals surface area contributed by atoms with Gasteiger partial charge in [-0.05, 0) is 42.6 Å². The Kier molecular flexibility index (Phi) is 3.19. The molecule has 0 bridgehead atoms. The summed E-state index contributed by atoms with van der Waals surface area (Å²) < 4.78 is 6.17. The Bertz CT molecular complexity index is 359. The summed E-state index contributed by atoms with van der Waals surface area (Å²) >= 11 is 0.